The average molecular weight is 309 g/mol. The van der Waals surface area contributed by atoms with Crippen molar-refractivity contribution < 1.29 is 13.2 Å². The minimum Gasteiger partial charge on any atom is -0.341 e. The van der Waals surface area contributed by atoms with Crippen LogP contribution in [0.1, 0.15) is 26.2 Å². The van der Waals surface area contributed by atoms with E-state index in [0.717, 1.165) is 17.3 Å². The molecule has 0 aliphatic carbocycles. The van der Waals surface area contributed by atoms with E-state index in [9.17, 15) is 13.2 Å². The minimum absolute atomic E-state index is 0.458. The Morgan fingerprint density at radius 3 is 2.68 bits per heavy atom. The molecule has 0 saturated heterocycles. The number of hydrogen-bond donors (Lipinski definition) is 3. The van der Waals surface area contributed by atoms with E-state index in [2.05, 4.69) is 20.5 Å². The van der Waals surface area contributed by atoms with Crippen molar-refractivity contribution in [3.8, 4) is 0 Å². The molecule has 1 rings (SSSR count). The molecule has 0 spiro atoms. The van der Waals surface area contributed by atoms with E-state index in [1.165, 1.54) is 25.9 Å². The Bertz CT molecular complexity index is 451. The molecule has 0 saturated carbocycles. The Kier molecular flexibility index (Phi) is 5.88. The predicted molar refractivity (Wildman–Crippen MR) is 75.7 cm³/mol. The number of nitrogens with one attached hydrogen (secondary N) is 3. The molecule has 0 aromatic heterocycles. The lowest BCUT2D eigenvalue weighted by molar-refractivity contribution is 0.236. The molecular formula is C9H19N5O3S2. The summed E-state index contributed by atoms with van der Waals surface area (Å²) >= 11 is 1.23. The van der Waals surface area contributed by atoms with Crippen molar-refractivity contribution in [3.63, 3.8) is 0 Å². The molecular weight excluding hydrogens is 290 g/mol. The smallest absolute Gasteiger partial charge is 0.318 e. The second-order valence-electron chi connectivity index (χ2n) is 3.77. The topological polar surface area (TPSA) is 103 Å². The summed E-state index contributed by atoms with van der Waals surface area (Å²) in [5.74, 6) is 0. The monoisotopic (exact) mass is 309 g/mol. The van der Waals surface area contributed by atoms with Crippen molar-refractivity contribution in [2.24, 2.45) is 5.10 Å². The van der Waals surface area contributed by atoms with E-state index in [1.54, 1.807) is 0 Å². The summed E-state index contributed by atoms with van der Waals surface area (Å²) in [6.45, 7) is 2.04. The van der Waals surface area contributed by atoms with Crippen LogP contribution in [0, 0.1) is 0 Å². The van der Waals surface area contributed by atoms with Crippen molar-refractivity contribution in [2.45, 2.75) is 31.7 Å². The molecule has 3 N–H and O–H groups in total. The first-order chi connectivity index (χ1) is 8.94. The third kappa shape index (κ3) is 4.25. The molecule has 0 aromatic rings. The molecule has 2 amide bonds. The molecule has 0 fully saturated rings. The number of urea groups is 1. The maximum Gasteiger partial charge on any atom is 0.318 e. The third-order valence-corrected chi connectivity index (χ3v) is 4.92. The molecule has 1 atom stereocenters. The number of amides is 2. The zero-order chi connectivity index (χ0) is 14.5. The first-order valence-electron chi connectivity index (χ1n) is 5.90. The van der Waals surface area contributed by atoms with Crippen molar-refractivity contribution in [1.82, 2.24) is 19.8 Å². The number of carbonyl (C=O) groups excluding carboxylic acids is 1. The first kappa shape index (κ1) is 16.1. The maximum atomic E-state index is 11.8. The van der Waals surface area contributed by atoms with Crippen LogP contribution in [0.25, 0.3) is 0 Å². The maximum absolute atomic E-state index is 11.8. The van der Waals surface area contributed by atoms with Gasteiger partial charge in [-0.1, -0.05) is 25.1 Å². The highest BCUT2D eigenvalue weighted by Crippen LogP contribution is 2.28. The Morgan fingerprint density at radius 2 is 2.16 bits per heavy atom. The molecule has 1 unspecified atom stereocenters. The molecule has 0 radical (unpaired) electrons. The number of rotatable bonds is 6. The highest BCUT2D eigenvalue weighted by molar-refractivity contribution is 8.15. The highest BCUT2D eigenvalue weighted by atomic mass is 32.2. The van der Waals surface area contributed by atoms with Gasteiger partial charge in [0, 0.05) is 14.1 Å². The van der Waals surface area contributed by atoms with Crippen LogP contribution in [0.4, 0.5) is 4.79 Å². The lowest BCUT2D eigenvalue weighted by atomic mass is 10.3. The second kappa shape index (κ2) is 6.96. The van der Waals surface area contributed by atoms with Gasteiger partial charge in [0.25, 0.3) is 0 Å². The van der Waals surface area contributed by atoms with Gasteiger partial charge >= 0.3 is 16.2 Å². The van der Waals surface area contributed by atoms with Gasteiger partial charge in [0.2, 0.25) is 0 Å². The van der Waals surface area contributed by atoms with E-state index in [0.29, 0.717) is 11.5 Å². The van der Waals surface area contributed by atoms with Crippen LogP contribution in [-0.4, -0.2) is 43.5 Å². The quantitative estimate of drug-likeness (QED) is 0.653. The van der Waals surface area contributed by atoms with Crippen molar-refractivity contribution in [2.75, 3.05) is 14.1 Å². The average Bonchev–Trinajstić information content (AvgIpc) is 2.79. The minimum atomic E-state index is -3.73. The SMILES string of the molecule is CCCCC1=NN(S(=O)(=O)NC)C(NC(=O)NC)S1. The van der Waals surface area contributed by atoms with Crippen molar-refractivity contribution in [3.05, 3.63) is 0 Å². The normalized spacial score (nSPS) is 19.2. The molecule has 10 heteroatoms. The van der Waals surface area contributed by atoms with E-state index in [4.69, 9.17) is 0 Å². The molecule has 110 valence electrons. The Labute approximate surface area is 117 Å². The van der Waals surface area contributed by atoms with Crippen LogP contribution in [0.5, 0.6) is 0 Å². The van der Waals surface area contributed by atoms with Crippen LogP contribution < -0.4 is 15.4 Å². The molecule has 8 nitrogen and oxygen atoms in total. The van der Waals surface area contributed by atoms with Gasteiger partial charge in [0.1, 0.15) is 0 Å². The van der Waals surface area contributed by atoms with Crippen molar-refractivity contribution in [1.29, 1.82) is 0 Å². The molecule has 1 heterocycles. The van der Waals surface area contributed by atoms with E-state index >= 15 is 0 Å². The van der Waals surface area contributed by atoms with E-state index in [1.807, 2.05) is 6.92 Å². The molecule has 19 heavy (non-hydrogen) atoms. The van der Waals surface area contributed by atoms with Gasteiger partial charge in [-0.15, -0.1) is 4.41 Å². The summed E-state index contributed by atoms with van der Waals surface area (Å²) in [5, 5.41) is 9.67. The number of nitrogens with zero attached hydrogens (tertiary/aromatic N) is 2. The zero-order valence-corrected chi connectivity index (χ0v) is 12.8. The summed E-state index contributed by atoms with van der Waals surface area (Å²) in [4.78, 5) is 11.3. The van der Waals surface area contributed by atoms with Crippen LogP contribution in [0.2, 0.25) is 0 Å². The number of unbranched alkanes of at least 4 members (excludes halogenated alkanes) is 1. The van der Waals surface area contributed by atoms with Gasteiger partial charge in [-0.2, -0.15) is 18.2 Å². The Morgan fingerprint density at radius 1 is 1.47 bits per heavy atom. The summed E-state index contributed by atoms with van der Waals surface area (Å²) in [6, 6.07) is -0.458. The fraction of sp³-hybridized carbons (Fsp3) is 0.778. The number of thioether (sulfide) groups is 1. The first-order valence-corrected chi connectivity index (χ1v) is 8.21. The standard InChI is InChI=1S/C9H19N5O3S2/c1-4-5-6-7-13-14(19(16,17)11-3)9(18-7)12-8(15)10-2/h9,11H,4-6H2,1-3H3,(H2,10,12,15). The van der Waals surface area contributed by atoms with Gasteiger partial charge in [-0.3, -0.25) is 0 Å². The van der Waals surface area contributed by atoms with Crippen molar-refractivity contribution >= 4 is 33.0 Å². The lowest BCUT2D eigenvalue weighted by Crippen LogP contribution is -2.49. The summed E-state index contributed by atoms with van der Waals surface area (Å²) in [7, 11) is -0.961. The third-order valence-electron chi connectivity index (χ3n) is 2.39. The summed E-state index contributed by atoms with van der Waals surface area (Å²) in [6.07, 6.45) is 2.61. The summed E-state index contributed by atoms with van der Waals surface area (Å²) in [5.41, 5.74) is -0.760. The van der Waals surface area contributed by atoms with E-state index < -0.39 is 21.7 Å². The number of carbonyl (C=O) groups is 1. The van der Waals surface area contributed by atoms with Gasteiger partial charge < -0.3 is 10.6 Å². The van der Waals surface area contributed by atoms with Gasteiger partial charge in [0.15, 0.2) is 5.50 Å². The predicted octanol–water partition coefficient (Wildman–Crippen LogP) is 0.216. The van der Waals surface area contributed by atoms with Gasteiger partial charge in [-0.05, 0) is 12.8 Å². The summed E-state index contributed by atoms with van der Waals surface area (Å²) < 4.78 is 26.7. The zero-order valence-electron chi connectivity index (χ0n) is 11.1. The van der Waals surface area contributed by atoms with E-state index in [-0.39, 0.29) is 0 Å². The Hall–Kier alpha value is -1.00. The van der Waals surface area contributed by atoms with Crippen LogP contribution in [0.15, 0.2) is 5.10 Å². The van der Waals surface area contributed by atoms with Gasteiger partial charge in [-0.25, -0.2) is 4.79 Å². The second-order valence-corrected chi connectivity index (χ2v) is 6.66. The molecule has 1 aliphatic heterocycles. The van der Waals surface area contributed by atoms with Crippen LogP contribution >= 0.6 is 11.8 Å². The molecule has 1 aliphatic rings. The molecule has 0 bridgehead atoms. The molecule has 0 aromatic carbocycles. The van der Waals surface area contributed by atoms with Crippen LogP contribution in [0.3, 0.4) is 0 Å². The fourth-order valence-corrected chi connectivity index (χ4v) is 3.52. The number of hydrazone groups is 1. The fourth-order valence-electron chi connectivity index (χ4n) is 1.34. The van der Waals surface area contributed by atoms with Gasteiger partial charge in [0.05, 0.1) is 5.04 Å². The highest BCUT2D eigenvalue weighted by Gasteiger charge is 2.36. The largest absolute Gasteiger partial charge is 0.341 e. The number of hydrogen-bond acceptors (Lipinski definition) is 5. The lowest BCUT2D eigenvalue weighted by Gasteiger charge is -2.21. The Balaban J connectivity index is 2.84. The van der Waals surface area contributed by atoms with Crippen LogP contribution in [-0.2, 0) is 10.2 Å².